The molecule has 0 radical (unpaired) electrons. The van der Waals surface area contributed by atoms with Crippen molar-refractivity contribution in [2.45, 2.75) is 6.92 Å². The number of carbonyl (C=O) groups is 1. The fraction of sp³-hybridized carbons (Fsp3) is 0.100. The van der Waals surface area contributed by atoms with Gasteiger partial charge in [0, 0.05) is 10.9 Å². The van der Waals surface area contributed by atoms with Crippen LogP contribution >= 0.6 is 23.2 Å². The van der Waals surface area contributed by atoms with Gasteiger partial charge in [-0.15, -0.1) is 0 Å². The van der Waals surface area contributed by atoms with Gasteiger partial charge in [-0.1, -0.05) is 23.2 Å². The minimum Gasteiger partial charge on any atom is -0.477 e. The molecule has 1 aromatic heterocycles. The Kier molecular flexibility index (Phi) is 2.37. The van der Waals surface area contributed by atoms with Crippen molar-refractivity contribution in [3.05, 3.63) is 33.4 Å². The normalized spacial score (nSPS) is 10.9. The molecule has 0 amide bonds. The van der Waals surface area contributed by atoms with Crippen LogP contribution in [0.3, 0.4) is 0 Å². The zero-order chi connectivity index (χ0) is 11.2. The summed E-state index contributed by atoms with van der Waals surface area (Å²) in [6.45, 7) is 1.73. The number of aryl methyl sites for hydroxylation is 1. The maximum atomic E-state index is 10.9. The van der Waals surface area contributed by atoms with Crippen LogP contribution in [0.4, 0.5) is 0 Å². The average molecular weight is 244 g/mol. The molecule has 5 heteroatoms. The molecule has 0 aliphatic carbocycles. The van der Waals surface area contributed by atoms with Gasteiger partial charge in [0.05, 0.1) is 10.0 Å². The van der Waals surface area contributed by atoms with Crippen LogP contribution in [0.2, 0.25) is 10.0 Å². The summed E-state index contributed by atoms with van der Waals surface area (Å²) >= 11 is 11.7. The van der Waals surface area contributed by atoms with E-state index >= 15 is 0 Å². The van der Waals surface area contributed by atoms with Gasteiger partial charge in [-0.25, -0.2) is 4.79 Å². The molecule has 0 spiro atoms. The van der Waals surface area contributed by atoms with Crippen LogP contribution in [-0.2, 0) is 0 Å². The average Bonchev–Trinajstić information content (AvgIpc) is 2.46. The highest BCUT2D eigenvalue weighted by molar-refractivity contribution is 6.42. The highest BCUT2D eigenvalue weighted by atomic mass is 35.5. The van der Waals surface area contributed by atoms with Crippen molar-refractivity contribution < 1.29 is 9.90 Å². The van der Waals surface area contributed by atoms with E-state index in [1.165, 1.54) is 0 Å². The summed E-state index contributed by atoms with van der Waals surface area (Å²) in [5.74, 6) is -0.990. The van der Waals surface area contributed by atoms with E-state index in [4.69, 9.17) is 28.3 Å². The molecule has 1 heterocycles. The Bertz CT molecular complexity index is 560. The number of H-pyrrole nitrogens is 1. The molecule has 0 aliphatic rings. The second-order valence-corrected chi connectivity index (χ2v) is 4.06. The first-order chi connectivity index (χ1) is 7.00. The fourth-order valence-corrected chi connectivity index (χ4v) is 1.86. The zero-order valence-corrected chi connectivity index (χ0v) is 9.28. The van der Waals surface area contributed by atoms with Crippen LogP contribution < -0.4 is 0 Å². The number of benzene rings is 1. The van der Waals surface area contributed by atoms with Gasteiger partial charge in [0.15, 0.2) is 0 Å². The van der Waals surface area contributed by atoms with Gasteiger partial charge in [0.2, 0.25) is 0 Å². The summed E-state index contributed by atoms with van der Waals surface area (Å²) in [6.07, 6.45) is 0. The van der Waals surface area contributed by atoms with Crippen molar-refractivity contribution in [2.75, 3.05) is 0 Å². The molecular weight excluding hydrogens is 237 g/mol. The van der Waals surface area contributed by atoms with E-state index in [9.17, 15) is 4.79 Å². The largest absolute Gasteiger partial charge is 0.477 e. The summed E-state index contributed by atoms with van der Waals surface area (Å²) in [6, 6.07) is 3.29. The molecule has 78 valence electrons. The SMILES string of the molecule is Cc1c(C(=O)O)[nH]c2cc(Cl)c(Cl)cc12. The highest BCUT2D eigenvalue weighted by Gasteiger charge is 2.14. The lowest BCUT2D eigenvalue weighted by Crippen LogP contribution is -1.97. The van der Waals surface area contributed by atoms with E-state index in [1.54, 1.807) is 19.1 Å². The van der Waals surface area contributed by atoms with E-state index in [1.807, 2.05) is 0 Å². The number of aromatic nitrogens is 1. The van der Waals surface area contributed by atoms with Crippen LogP contribution in [0.5, 0.6) is 0 Å². The highest BCUT2D eigenvalue weighted by Crippen LogP contribution is 2.30. The standard InChI is InChI=1S/C10H7Cl2NO2/c1-4-5-2-6(11)7(12)3-8(5)13-9(4)10(14)15/h2-3,13H,1H3,(H,14,15). The van der Waals surface area contributed by atoms with Crippen molar-refractivity contribution in [3.63, 3.8) is 0 Å². The van der Waals surface area contributed by atoms with Crippen LogP contribution in [0.15, 0.2) is 12.1 Å². The third-order valence-corrected chi connectivity index (χ3v) is 3.04. The second kappa shape index (κ2) is 3.43. The van der Waals surface area contributed by atoms with Crippen molar-refractivity contribution in [1.29, 1.82) is 0 Å². The number of halogens is 2. The van der Waals surface area contributed by atoms with Crippen molar-refractivity contribution in [3.8, 4) is 0 Å². The number of hydrogen-bond acceptors (Lipinski definition) is 1. The Morgan fingerprint density at radius 1 is 1.33 bits per heavy atom. The molecule has 0 unspecified atom stereocenters. The number of carboxylic acid groups (broad SMARTS) is 1. The molecule has 2 aromatic rings. The molecule has 0 fully saturated rings. The number of nitrogens with one attached hydrogen (secondary N) is 1. The monoisotopic (exact) mass is 243 g/mol. The van der Waals surface area contributed by atoms with Gasteiger partial charge in [0.1, 0.15) is 5.69 Å². The first-order valence-corrected chi connectivity index (χ1v) is 4.97. The van der Waals surface area contributed by atoms with Crippen LogP contribution in [0, 0.1) is 6.92 Å². The van der Waals surface area contributed by atoms with Crippen molar-refractivity contribution in [2.24, 2.45) is 0 Å². The van der Waals surface area contributed by atoms with Gasteiger partial charge in [-0.2, -0.15) is 0 Å². The Labute approximate surface area is 95.6 Å². The van der Waals surface area contributed by atoms with Gasteiger partial charge >= 0.3 is 5.97 Å². The summed E-state index contributed by atoms with van der Waals surface area (Å²) in [7, 11) is 0. The third-order valence-electron chi connectivity index (χ3n) is 2.31. The Balaban J connectivity index is 2.83. The van der Waals surface area contributed by atoms with Gasteiger partial charge in [0.25, 0.3) is 0 Å². The molecule has 15 heavy (non-hydrogen) atoms. The molecule has 0 saturated carbocycles. The molecule has 0 aliphatic heterocycles. The summed E-state index contributed by atoms with van der Waals surface area (Å²) in [4.78, 5) is 13.7. The molecule has 3 nitrogen and oxygen atoms in total. The van der Waals surface area contributed by atoms with Crippen LogP contribution in [0.25, 0.3) is 10.9 Å². The minimum absolute atomic E-state index is 0.170. The van der Waals surface area contributed by atoms with Gasteiger partial charge < -0.3 is 10.1 Å². The fourth-order valence-electron chi connectivity index (χ4n) is 1.54. The van der Waals surface area contributed by atoms with Crippen molar-refractivity contribution >= 4 is 40.1 Å². The Morgan fingerprint density at radius 2 is 1.93 bits per heavy atom. The van der Waals surface area contributed by atoms with Gasteiger partial charge in [-0.3, -0.25) is 0 Å². The molecular formula is C10H7Cl2NO2. The van der Waals surface area contributed by atoms with Gasteiger partial charge in [-0.05, 0) is 24.6 Å². The second-order valence-electron chi connectivity index (χ2n) is 3.24. The summed E-state index contributed by atoms with van der Waals surface area (Å²) < 4.78 is 0. The lowest BCUT2D eigenvalue weighted by atomic mass is 10.1. The first kappa shape index (κ1) is 10.3. The molecule has 2 rings (SSSR count). The molecule has 0 saturated heterocycles. The maximum absolute atomic E-state index is 10.9. The van der Waals surface area contributed by atoms with E-state index in [0.717, 1.165) is 5.39 Å². The number of aromatic carboxylic acids is 1. The predicted octanol–water partition coefficient (Wildman–Crippen LogP) is 3.48. The minimum atomic E-state index is -0.990. The molecule has 1 aromatic carbocycles. The van der Waals surface area contributed by atoms with Crippen molar-refractivity contribution in [1.82, 2.24) is 4.98 Å². The van der Waals surface area contributed by atoms with Crippen LogP contribution in [-0.4, -0.2) is 16.1 Å². The lowest BCUT2D eigenvalue weighted by molar-refractivity contribution is 0.0691. The summed E-state index contributed by atoms with van der Waals surface area (Å²) in [5, 5.41) is 10.5. The molecule has 0 bridgehead atoms. The van der Waals surface area contributed by atoms with E-state index in [2.05, 4.69) is 4.98 Å². The number of hydrogen-bond donors (Lipinski definition) is 2. The quantitative estimate of drug-likeness (QED) is 0.806. The lowest BCUT2D eigenvalue weighted by Gasteiger charge is -1.96. The van der Waals surface area contributed by atoms with E-state index < -0.39 is 5.97 Å². The number of aromatic amines is 1. The first-order valence-electron chi connectivity index (χ1n) is 4.21. The molecule has 2 N–H and O–H groups in total. The number of rotatable bonds is 1. The maximum Gasteiger partial charge on any atom is 0.352 e. The smallest absolute Gasteiger partial charge is 0.352 e. The predicted molar refractivity (Wildman–Crippen MR) is 60.0 cm³/mol. The van der Waals surface area contributed by atoms with E-state index in [0.29, 0.717) is 21.1 Å². The summed E-state index contributed by atoms with van der Waals surface area (Å²) in [5.41, 5.74) is 1.51. The topological polar surface area (TPSA) is 53.1 Å². The van der Waals surface area contributed by atoms with Crippen LogP contribution in [0.1, 0.15) is 16.1 Å². The molecule has 0 atom stereocenters. The van der Waals surface area contributed by atoms with E-state index in [-0.39, 0.29) is 5.69 Å². The Morgan fingerprint density at radius 3 is 2.53 bits per heavy atom. The number of carboxylic acids is 1. The third kappa shape index (κ3) is 1.58. The Hall–Kier alpha value is -1.19. The zero-order valence-electron chi connectivity index (χ0n) is 7.77. The number of fused-ring (bicyclic) bond motifs is 1.